The average molecular weight is 376 g/mol. The van der Waals surface area contributed by atoms with E-state index >= 15 is 0 Å². The standard InChI is InChI=1S/C19H17FO7/c1-2-8-25-19(7-6-11(20)9-16(19)22)27-14-5-3-4-13-17(14)12(21)10-15(26-13)18(23)24/h3-7,9-10,16,22H,2,8H2,1H3,(H,23,24). The van der Waals surface area contributed by atoms with Crippen LogP contribution in [0.25, 0.3) is 11.0 Å². The van der Waals surface area contributed by atoms with E-state index in [1.165, 1.54) is 24.3 Å². The number of rotatable bonds is 6. The fourth-order valence-electron chi connectivity index (χ4n) is 2.68. The van der Waals surface area contributed by atoms with E-state index in [0.717, 1.165) is 18.2 Å². The number of carbonyl (C=O) groups is 1. The predicted molar refractivity (Wildman–Crippen MR) is 93.4 cm³/mol. The summed E-state index contributed by atoms with van der Waals surface area (Å²) in [5.74, 6) is -4.27. The summed E-state index contributed by atoms with van der Waals surface area (Å²) in [6.45, 7) is 2.06. The first kappa shape index (κ1) is 18.8. The van der Waals surface area contributed by atoms with Gasteiger partial charge in [-0.05, 0) is 36.8 Å². The molecule has 8 heteroatoms. The fourth-order valence-corrected chi connectivity index (χ4v) is 2.68. The Morgan fingerprint density at radius 1 is 1.41 bits per heavy atom. The molecule has 2 unspecified atom stereocenters. The van der Waals surface area contributed by atoms with Crippen molar-refractivity contribution in [1.29, 1.82) is 0 Å². The summed E-state index contributed by atoms with van der Waals surface area (Å²) in [6.07, 6.45) is 2.41. The lowest BCUT2D eigenvalue weighted by Crippen LogP contribution is -2.49. The molecular formula is C19H17FO7. The van der Waals surface area contributed by atoms with E-state index in [-0.39, 0.29) is 23.3 Å². The number of halogens is 1. The minimum Gasteiger partial charge on any atom is -0.475 e. The summed E-state index contributed by atoms with van der Waals surface area (Å²) in [7, 11) is 0. The van der Waals surface area contributed by atoms with Gasteiger partial charge in [0.25, 0.3) is 5.79 Å². The molecule has 1 aliphatic rings. The summed E-state index contributed by atoms with van der Waals surface area (Å²) in [5.41, 5.74) is -0.634. The van der Waals surface area contributed by atoms with Crippen molar-refractivity contribution in [3.05, 3.63) is 64.3 Å². The quantitative estimate of drug-likeness (QED) is 0.747. The highest BCUT2D eigenvalue weighted by molar-refractivity contribution is 5.89. The molecule has 27 heavy (non-hydrogen) atoms. The Morgan fingerprint density at radius 2 is 2.19 bits per heavy atom. The molecular weight excluding hydrogens is 359 g/mol. The summed E-state index contributed by atoms with van der Waals surface area (Å²) < 4.78 is 30.1. The van der Waals surface area contributed by atoms with Gasteiger partial charge in [0.1, 0.15) is 28.6 Å². The van der Waals surface area contributed by atoms with Gasteiger partial charge in [0.2, 0.25) is 5.76 Å². The van der Waals surface area contributed by atoms with Crippen molar-refractivity contribution >= 4 is 16.9 Å². The van der Waals surface area contributed by atoms with Gasteiger partial charge in [-0.25, -0.2) is 9.18 Å². The van der Waals surface area contributed by atoms with Crippen LogP contribution in [0.15, 0.2) is 57.5 Å². The van der Waals surface area contributed by atoms with Gasteiger partial charge in [-0.15, -0.1) is 0 Å². The lowest BCUT2D eigenvalue weighted by molar-refractivity contribution is -0.194. The molecule has 142 valence electrons. The second-order valence-electron chi connectivity index (χ2n) is 5.91. The Balaban J connectivity index is 2.10. The number of hydrogen-bond donors (Lipinski definition) is 2. The number of carboxylic acid groups (broad SMARTS) is 1. The van der Waals surface area contributed by atoms with Crippen molar-refractivity contribution in [3.8, 4) is 5.75 Å². The van der Waals surface area contributed by atoms with Crippen LogP contribution >= 0.6 is 0 Å². The van der Waals surface area contributed by atoms with Gasteiger partial charge in [0.15, 0.2) is 5.43 Å². The van der Waals surface area contributed by atoms with Crippen LogP contribution in [0, 0.1) is 0 Å². The van der Waals surface area contributed by atoms with Crippen LogP contribution in [0.1, 0.15) is 23.9 Å². The maximum atomic E-state index is 13.5. The summed E-state index contributed by atoms with van der Waals surface area (Å²) in [5, 5.41) is 19.4. The van der Waals surface area contributed by atoms with Crippen molar-refractivity contribution in [2.75, 3.05) is 6.61 Å². The van der Waals surface area contributed by atoms with Gasteiger partial charge >= 0.3 is 5.97 Å². The van der Waals surface area contributed by atoms with Crippen molar-refractivity contribution in [2.24, 2.45) is 0 Å². The Morgan fingerprint density at radius 3 is 2.85 bits per heavy atom. The highest BCUT2D eigenvalue weighted by atomic mass is 19.1. The van der Waals surface area contributed by atoms with Crippen LogP contribution in [-0.4, -0.2) is 34.7 Å². The molecule has 0 radical (unpaired) electrons. The largest absolute Gasteiger partial charge is 0.475 e. The number of aliphatic hydroxyl groups excluding tert-OH is 1. The Hall–Kier alpha value is -2.97. The normalized spacial score (nSPS) is 21.9. The first-order valence-electron chi connectivity index (χ1n) is 8.24. The van der Waals surface area contributed by atoms with E-state index in [4.69, 9.17) is 19.0 Å². The average Bonchev–Trinajstić information content (AvgIpc) is 2.62. The van der Waals surface area contributed by atoms with Gasteiger partial charge in [-0.2, -0.15) is 0 Å². The Kier molecular flexibility index (Phi) is 5.11. The molecule has 2 aromatic rings. The van der Waals surface area contributed by atoms with E-state index in [2.05, 4.69) is 0 Å². The lowest BCUT2D eigenvalue weighted by atomic mass is 10.0. The van der Waals surface area contributed by atoms with E-state index in [1.807, 2.05) is 6.92 Å². The molecule has 2 N–H and O–H groups in total. The van der Waals surface area contributed by atoms with Crippen molar-refractivity contribution in [2.45, 2.75) is 25.2 Å². The highest BCUT2D eigenvalue weighted by Gasteiger charge is 2.41. The number of carboxylic acids is 1. The van der Waals surface area contributed by atoms with Crippen molar-refractivity contribution in [3.63, 3.8) is 0 Å². The predicted octanol–water partition coefficient (Wildman–Crippen LogP) is 2.78. The van der Waals surface area contributed by atoms with E-state index < -0.39 is 34.9 Å². The molecule has 1 aliphatic carbocycles. The van der Waals surface area contributed by atoms with Gasteiger partial charge in [-0.1, -0.05) is 13.0 Å². The molecule has 0 saturated heterocycles. The second-order valence-corrected chi connectivity index (χ2v) is 5.91. The maximum absolute atomic E-state index is 13.5. The third-order valence-electron chi connectivity index (χ3n) is 3.93. The zero-order valence-electron chi connectivity index (χ0n) is 14.3. The molecule has 7 nitrogen and oxygen atoms in total. The fraction of sp³-hybridized carbons (Fsp3) is 0.263. The molecule has 0 aliphatic heterocycles. The molecule has 0 bridgehead atoms. The Labute approximate surface area is 152 Å². The van der Waals surface area contributed by atoms with E-state index in [1.54, 1.807) is 0 Å². The molecule has 0 saturated carbocycles. The van der Waals surface area contributed by atoms with Crippen LogP contribution in [0.4, 0.5) is 4.39 Å². The smallest absolute Gasteiger partial charge is 0.371 e. The molecule has 1 aromatic carbocycles. The number of benzene rings is 1. The first-order chi connectivity index (χ1) is 12.9. The van der Waals surface area contributed by atoms with Gasteiger partial charge < -0.3 is 24.1 Å². The van der Waals surface area contributed by atoms with Crippen LogP contribution in [0.2, 0.25) is 0 Å². The van der Waals surface area contributed by atoms with Crippen molar-refractivity contribution in [1.82, 2.24) is 0 Å². The van der Waals surface area contributed by atoms with E-state index in [0.29, 0.717) is 6.42 Å². The van der Waals surface area contributed by atoms with Crippen LogP contribution < -0.4 is 10.2 Å². The van der Waals surface area contributed by atoms with Gasteiger partial charge in [-0.3, -0.25) is 4.79 Å². The van der Waals surface area contributed by atoms with Crippen molar-refractivity contribution < 1.29 is 33.3 Å². The van der Waals surface area contributed by atoms with Gasteiger partial charge in [0.05, 0.1) is 6.61 Å². The first-order valence-corrected chi connectivity index (χ1v) is 8.24. The number of fused-ring (bicyclic) bond motifs is 1. The van der Waals surface area contributed by atoms with E-state index in [9.17, 15) is 19.1 Å². The molecule has 0 fully saturated rings. The molecule has 0 amide bonds. The van der Waals surface area contributed by atoms with Gasteiger partial charge in [0, 0.05) is 6.07 Å². The number of aromatic carboxylic acids is 1. The molecule has 1 heterocycles. The maximum Gasteiger partial charge on any atom is 0.371 e. The summed E-state index contributed by atoms with van der Waals surface area (Å²) in [4.78, 5) is 23.5. The SMILES string of the molecule is CCCOC1(Oc2cccc3oc(C(=O)O)cc(=O)c23)C=CC(F)=CC1O. The third-order valence-corrected chi connectivity index (χ3v) is 3.93. The molecule has 1 aromatic heterocycles. The number of ether oxygens (including phenoxy) is 2. The molecule has 3 rings (SSSR count). The van der Waals surface area contributed by atoms with Crippen LogP contribution in [-0.2, 0) is 4.74 Å². The Bertz CT molecular complexity index is 991. The lowest BCUT2D eigenvalue weighted by Gasteiger charge is -2.36. The topological polar surface area (TPSA) is 106 Å². The number of allylic oxidation sites excluding steroid dienone is 2. The number of aliphatic hydroxyl groups is 1. The third kappa shape index (κ3) is 3.62. The number of hydrogen-bond acceptors (Lipinski definition) is 6. The highest BCUT2D eigenvalue weighted by Crippen LogP contribution is 2.33. The zero-order valence-corrected chi connectivity index (χ0v) is 14.3. The molecule has 2 atom stereocenters. The summed E-state index contributed by atoms with van der Waals surface area (Å²) in [6, 6.07) is 5.20. The second kappa shape index (κ2) is 7.34. The minimum atomic E-state index is -1.74. The summed E-state index contributed by atoms with van der Waals surface area (Å²) >= 11 is 0. The monoisotopic (exact) mass is 376 g/mol. The zero-order chi connectivity index (χ0) is 19.6. The minimum absolute atomic E-state index is 0.000886. The molecule has 0 spiro atoms. The van der Waals surface area contributed by atoms with Crippen LogP contribution in [0.5, 0.6) is 5.75 Å². The van der Waals surface area contributed by atoms with Crippen LogP contribution in [0.3, 0.4) is 0 Å².